The van der Waals surface area contributed by atoms with Gasteiger partial charge in [0.05, 0.1) is 11.8 Å². The quantitative estimate of drug-likeness (QED) is 0.782. The van der Waals surface area contributed by atoms with E-state index in [0.717, 1.165) is 5.56 Å². The third-order valence-electron chi connectivity index (χ3n) is 2.72. The molecule has 0 amide bonds. The molecule has 1 atom stereocenters. The lowest BCUT2D eigenvalue weighted by molar-refractivity contribution is 0.208. The second kappa shape index (κ2) is 5.67. The summed E-state index contributed by atoms with van der Waals surface area (Å²) in [5.41, 5.74) is 2.22. The maximum Gasteiger partial charge on any atom is 0.149 e. The van der Waals surface area contributed by atoms with E-state index in [1.54, 1.807) is 25.1 Å². The van der Waals surface area contributed by atoms with Gasteiger partial charge in [0.2, 0.25) is 0 Å². The average molecular weight is 259 g/mol. The Balaban J connectivity index is 2.27. The van der Waals surface area contributed by atoms with Crippen LogP contribution in [0.15, 0.2) is 30.3 Å². The van der Waals surface area contributed by atoms with Crippen molar-refractivity contribution in [3.05, 3.63) is 35.9 Å². The molecular weight excluding hydrogens is 242 g/mol. The van der Waals surface area contributed by atoms with Crippen LogP contribution in [0, 0.1) is 6.92 Å². The molecule has 5 nitrogen and oxygen atoms in total. The molecule has 1 heterocycles. The van der Waals surface area contributed by atoms with E-state index in [1.165, 1.54) is 0 Å². The molecule has 2 aromatic rings. The number of para-hydroxylation sites is 1. The van der Waals surface area contributed by atoms with Crippen molar-refractivity contribution < 1.29 is 10.2 Å². The molecule has 1 aromatic heterocycles. The summed E-state index contributed by atoms with van der Waals surface area (Å²) in [6, 6.07) is 8.87. The lowest BCUT2D eigenvalue weighted by atomic mass is 10.1. The van der Waals surface area contributed by atoms with E-state index >= 15 is 0 Å². The molecule has 0 saturated heterocycles. The number of aliphatic hydroxyl groups excluding tert-OH is 1. The van der Waals surface area contributed by atoms with Gasteiger partial charge in [-0.3, -0.25) is 0 Å². The zero-order valence-corrected chi connectivity index (χ0v) is 11.0. The van der Waals surface area contributed by atoms with Crippen LogP contribution in [0.4, 0.5) is 5.82 Å². The SMILES string of the molecule is Cc1cc(NC[C@@H](C)O)nnc1-c1ccccc1O. The summed E-state index contributed by atoms with van der Waals surface area (Å²) in [6.07, 6.45) is -0.444. The van der Waals surface area contributed by atoms with Gasteiger partial charge < -0.3 is 15.5 Å². The number of aryl methyl sites for hydroxylation is 1. The third-order valence-corrected chi connectivity index (χ3v) is 2.72. The second-order valence-corrected chi connectivity index (χ2v) is 4.51. The lowest BCUT2D eigenvalue weighted by Crippen LogP contribution is -2.16. The smallest absolute Gasteiger partial charge is 0.149 e. The average Bonchev–Trinajstić information content (AvgIpc) is 2.38. The summed E-state index contributed by atoms with van der Waals surface area (Å²) < 4.78 is 0. The number of benzene rings is 1. The molecule has 0 aliphatic heterocycles. The van der Waals surface area contributed by atoms with E-state index in [4.69, 9.17) is 0 Å². The normalized spacial score (nSPS) is 12.2. The highest BCUT2D eigenvalue weighted by molar-refractivity contribution is 5.69. The van der Waals surface area contributed by atoms with Crippen LogP contribution in [0.2, 0.25) is 0 Å². The predicted molar refractivity (Wildman–Crippen MR) is 74.0 cm³/mol. The molecule has 5 heteroatoms. The highest BCUT2D eigenvalue weighted by atomic mass is 16.3. The minimum Gasteiger partial charge on any atom is -0.507 e. The topological polar surface area (TPSA) is 78.3 Å². The standard InChI is InChI=1S/C14H17N3O2/c1-9-7-13(15-8-10(2)18)16-17-14(9)11-5-3-4-6-12(11)19/h3-7,10,18-19H,8H2,1-2H3,(H,15,16)/t10-/m1/s1. The van der Waals surface area contributed by atoms with Gasteiger partial charge in [0.25, 0.3) is 0 Å². The highest BCUT2D eigenvalue weighted by Gasteiger charge is 2.10. The summed E-state index contributed by atoms with van der Waals surface area (Å²) in [6.45, 7) is 4.03. The molecule has 0 fully saturated rings. The summed E-state index contributed by atoms with van der Waals surface area (Å²) in [5, 5.41) is 30.2. The first-order valence-electron chi connectivity index (χ1n) is 6.12. The van der Waals surface area contributed by atoms with E-state index in [0.29, 0.717) is 23.6 Å². The third kappa shape index (κ3) is 3.20. The molecule has 0 bridgehead atoms. The summed E-state index contributed by atoms with van der Waals surface area (Å²) in [4.78, 5) is 0. The first-order chi connectivity index (χ1) is 9.08. The van der Waals surface area contributed by atoms with Gasteiger partial charge in [0, 0.05) is 12.1 Å². The van der Waals surface area contributed by atoms with Crippen LogP contribution in [0.1, 0.15) is 12.5 Å². The largest absolute Gasteiger partial charge is 0.507 e. The Morgan fingerprint density at radius 1 is 1.26 bits per heavy atom. The fourth-order valence-electron chi connectivity index (χ4n) is 1.76. The number of aliphatic hydroxyl groups is 1. The Labute approximate surface area is 111 Å². The van der Waals surface area contributed by atoms with E-state index < -0.39 is 6.10 Å². The number of anilines is 1. The number of hydrogen-bond acceptors (Lipinski definition) is 5. The molecule has 0 aliphatic carbocycles. The van der Waals surface area contributed by atoms with Gasteiger partial charge in [-0.15, -0.1) is 10.2 Å². The van der Waals surface area contributed by atoms with Gasteiger partial charge in [0.1, 0.15) is 11.6 Å². The van der Waals surface area contributed by atoms with Crippen molar-refractivity contribution >= 4 is 5.82 Å². The van der Waals surface area contributed by atoms with Crippen LogP contribution in [-0.4, -0.2) is 33.1 Å². The van der Waals surface area contributed by atoms with Crippen molar-refractivity contribution in [2.75, 3.05) is 11.9 Å². The molecule has 0 aliphatic rings. The number of aromatic nitrogens is 2. The van der Waals surface area contributed by atoms with E-state index in [-0.39, 0.29) is 5.75 Å². The van der Waals surface area contributed by atoms with E-state index in [1.807, 2.05) is 19.1 Å². The number of aromatic hydroxyl groups is 1. The molecule has 0 radical (unpaired) electrons. The van der Waals surface area contributed by atoms with Crippen molar-refractivity contribution in [3.63, 3.8) is 0 Å². The molecule has 0 spiro atoms. The summed E-state index contributed by atoms with van der Waals surface area (Å²) in [7, 11) is 0. The van der Waals surface area contributed by atoms with Crippen LogP contribution < -0.4 is 5.32 Å². The summed E-state index contributed by atoms with van der Waals surface area (Å²) in [5.74, 6) is 0.794. The maximum absolute atomic E-state index is 9.82. The van der Waals surface area contributed by atoms with Gasteiger partial charge >= 0.3 is 0 Å². The molecule has 100 valence electrons. The Hall–Kier alpha value is -2.14. The lowest BCUT2D eigenvalue weighted by Gasteiger charge is -2.10. The minimum absolute atomic E-state index is 0.185. The van der Waals surface area contributed by atoms with Crippen LogP contribution in [0.5, 0.6) is 5.75 Å². The van der Waals surface area contributed by atoms with E-state index in [2.05, 4.69) is 15.5 Å². The number of hydrogen-bond donors (Lipinski definition) is 3. The maximum atomic E-state index is 9.82. The molecule has 0 saturated carbocycles. The minimum atomic E-state index is -0.444. The van der Waals surface area contributed by atoms with Crippen molar-refractivity contribution in [1.29, 1.82) is 0 Å². The van der Waals surface area contributed by atoms with Gasteiger partial charge in [-0.2, -0.15) is 0 Å². The molecule has 1 aromatic carbocycles. The fourth-order valence-corrected chi connectivity index (χ4v) is 1.76. The van der Waals surface area contributed by atoms with Crippen LogP contribution in [0.3, 0.4) is 0 Å². The van der Waals surface area contributed by atoms with Crippen molar-refractivity contribution in [1.82, 2.24) is 10.2 Å². The highest BCUT2D eigenvalue weighted by Crippen LogP contribution is 2.29. The molecule has 2 rings (SSSR count). The zero-order chi connectivity index (χ0) is 13.8. The van der Waals surface area contributed by atoms with Crippen LogP contribution in [-0.2, 0) is 0 Å². The number of nitrogens with zero attached hydrogens (tertiary/aromatic N) is 2. The van der Waals surface area contributed by atoms with Gasteiger partial charge in [-0.05, 0) is 37.6 Å². The molecule has 0 unspecified atom stereocenters. The second-order valence-electron chi connectivity index (χ2n) is 4.51. The Morgan fingerprint density at radius 2 is 2.00 bits per heavy atom. The number of phenolic OH excluding ortho intramolecular Hbond substituents is 1. The van der Waals surface area contributed by atoms with Crippen molar-refractivity contribution in [2.45, 2.75) is 20.0 Å². The van der Waals surface area contributed by atoms with Crippen LogP contribution in [0.25, 0.3) is 11.3 Å². The van der Waals surface area contributed by atoms with Crippen molar-refractivity contribution in [2.24, 2.45) is 0 Å². The zero-order valence-electron chi connectivity index (χ0n) is 11.0. The molecular formula is C14H17N3O2. The number of phenols is 1. The number of rotatable bonds is 4. The summed E-state index contributed by atoms with van der Waals surface area (Å²) >= 11 is 0. The van der Waals surface area contributed by atoms with Crippen LogP contribution >= 0.6 is 0 Å². The Kier molecular flexibility index (Phi) is 3.97. The molecule has 19 heavy (non-hydrogen) atoms. The Morgan fingerprint density at radius 3 is 2.63 bits per heavy atom. The van der Waals surface area contributed by atoms with Gasteiger partial charge in [-0.1, -0.05) is 12.1 Å². The monoisotopic (exact) mass is 259 g/mol. The first-order valence-corrected chi connectivity index (χ1v) is 6.12. The predicted octanol–water partition coefficient (Wildman–Crippen LogP) is 1.95. The number of nitrogens with one attached hydrogen (secondary N) is 1. The van der Waals surface area contributed by atoms with Gasteiger partial charge in [-0.25, -0.2) is 0 Å². The fraction of sp³-hybridized carbons (Fsp3) is 0.286. The van der Waals surface area contributed by atoms with Crippen molar-refractivity contribution in [3.8, 4) is 17.0 Å². The Bertz CT molecular complexity index is 570. The first kappa shape index (κ1) is 13.3. The molecule has 3 N–H and O–H groups in total. The van der Waals surface area contributed by atoms with Gasteiger partial charge in [0.15, 0.2) is 0 Å². The van der Waals surface area contributed by atoms with E-state index in [9.17, 15) is 10.2 Å².